The highest BCUT2D eigenvalue weighted by Crippen LogP contribution is 2.31. The quantitative estimate of drug-likeness (QED) is 0.658. The summed E-state index contributed by atoms with van der Waals surface area (Å²) in [4.78, 5) is 28.4. The van der Waals surface area contributed by atoms with Gasteiger partial charge in [0, 0.05) is 17.4 Å². The number of rotatable bonds is 4. The van der Waals surface area contributed by atoms with Crippen LogP contribution in [0.4, 0.5) is 0 Å². The highest BCUT2D eigenvalue weighted by molar-refractivity contribution is 7.13. The van der Waals surface area contributed by atoms with Crippen LogP contribution in [-0.2, 0) is 14.3 Å². The summed E-state index contributed by atoms with van der Waals surface area (Å²) in [6.45, 7) is 1.78. The van der Waals surface area contributed by atoms with Gasteiger partial charge in [-0.25, -0.2) is 9.78 Å². The van der Waals surface area contributed by atoms with Gasteiger partial charge in [-0.1, -0.05) is 30.3 Å². The predicted molar refractivity (Wildman–Crippen MR) is 89.3 cm³/mol. The molecule has 0 saturated carbocycles. The number of nitrogens with one attached hydrogen (secondary N) is 1. The zero-order valence-corrected chi connectivity index (χ0v) is 13.8. The van der Waals surface area contributed by atoms with Crippen LogP contribution in [0.15, 0.2) is 47.0 Å². The molecule has 1 aromatic carbocycles. The molecule has 0 fully saturated rings. The Hall–Kier alpha value is -2.67. The van der Waals surface area contributed by atoms with Crippen molar-refractivity contribution in [3.8, 4) is 10.6 Å². The van der Waals surface area contributed by atoms with E-state index in [1.54, 1.807) is 6.92 Å². The number of aromatic nitrogens is 1. The molecule has 1 aliphatic heterocycles. The van der Waals surface area contributed by atoms with Gasteiger partial charge in [0.15, 0.2) is 5.57 Å². The number of benzene rings is 1. The summed E-state index contributed by atoms with van der Waals surface area (Å²) < 4.78 is 4.79. The number of esters is 1. The second kappa shape index (κ2) is 6.84. The summed E-state index contributed by atoms with van der Waals surface area (Å²) >= 11 is 1.46. The third-order valence-electron chi connectivity index (χ3n) is 3.60. The molecule has 0 bridgehead atoms. The first-order chi connectivity index (χ1) is 11.6. The molecule has 2 aromatic rings. The van der Waals surface area contributed by atoms with E-state index in [0.29, 0.717) is 5.69 Å². The molecule has 0 spiro atoms. The van der Waals surface area contributed by atoms with E-state index < -0.39 is 17.9 Å². The van der Waals surface area contributed by atoms with Gasteiger partial charge in [-0.15, -0.1) is 11.3 Å². The van der Waals surface area contributed by atoms with E-state index in [1.165, 1.54) is 11.3 Å². The van der Waals surface area contributed by atoms with Crippen LogP contribution in [0.5, 0.6) is 0 Å². The Morgan fingerprint density at radius 2 is 2.17 bits per heavy atom. The Morgan fingerprint density at radius 1 is 1.42 bits per heavy atom. The second-order valence-corrected chi connectivity index (χ2v) is 6.07. The zero-order chi connectivity index (χ0) is 17.1. The van der Waals surface area contributed by atoms with Gasteiger partial charge in [0.25, 0.3) is 5.91 Å². The molecular formula is C17H16N2O4S. The molecule has 7 heteroatoms. The molecule has 1 aromatic heterocycles. The van der Waals surface area contributed by atoms with Crippen molar-refractivity contribution in [2.75, 3.05) is 6.61 Å². The first-order valence-corrected chi connectivity index (χ1v) is 8.39. The van der Waals surface area contributed by atoms with Crippen LogP contribution in [0.25, 0.3) is 10.6 Å². The van der Waals surface area contributed by atoms with Crippen molar-refractivity contribution < 1.29 is 19.4 Å². The molecule has 1 unspecified atom stereocenters. The Kier molecular flexibility index (Phi) is 4.61. The highest BCUT2D eigenvalue weighted by Gasteiger charge is 2.34. The average molecular weight is 344 g/mol. The van der Waals surface area contributed by atoms with Crippen molar-refractivity contribution >= 4 is 23.2 Å². The van der Waals surface area contributed by atoms with Crippen LogP contribution in [0, 0.1) is 0 Å². The second-order valence-electron chi connectivity index (χ2n) is 5.22. The minimum atomic E-state index is -0.811. The fourth-order valence-electron chi connectivity index (χ4n) is 2.46. The summed E-state index contributed by atoms with van der Waals surface area (Å²) in [5, 5.41) is 15.5. The molecule has 1 amide bonds. The lowest BCUT2D eigenvalue weighted by Gasteiger charge is -2.23. The number of carbonyl (C=O) groups is 2. The van der Waals surface area contributed by atoms with Gasteiger partial charge in [0.2, 0.25) is 0 Å². The molecular weight excluding hydrogens is 328 g/mol. The van der Waals surface area contributed by atoms with E-state index >= 15 is 0 Å². The van der Waals surface area contributed by atoms with Crippen LogP contribution < -0.4 is 5.32 Å². The standard InChI is InChI=1S/C17H16N2O4S/c1-2-23-17(22)14-13(20)8-11(18-15(14)21)12-9-24-16(19-12)10-6-4-3-5-7-10/h3-7,9,11,20H,2,8H2,1H3,(H,18,21). The molecule has 124 valence electrons. The van der Waals surface area contributed by atoms with Crippen molar-refractivity contribution in [3.63, 3.8) is 0 Å². The van der Waals surface area contributed by atoms with Gasteiger partial charge in [0.1, 0.15) is 10.8 Å². The topological polar surface area (TPSA) is 88.5 Å². The van der Waals surface area contributed by atoms with E-state index in [1.807, 2.05) is 35.7 Å². The minimum absolute atomic E-state index is 0.109. The number of thiazole rings is 1. The monoisotopic (exact) mass is 344 g/mol. The molecule has 24 heavy (non-hydrogen) atoms. The SMILES string of the molecule is CCOC(=O)C1=C(O)CC(c2csc(-c3ccccc3)n2)NC1=O. The summed E-state index contributed by atoms with van der Waals surface area (Å²) in [5.74, 6) is -1.72. The van der Waals surface area contributed by atoms with Crippen LogP contribution in [0.2, 0.25) is 0 Å². The van der Waals surface area contributed by atoms with E-state index in [-0.39, 0.29) is 24.4 Å². The van der Waals surface area contributed by atoms with Gasteiger partial charge in [-0.2, -0.15) is 0 Å². The maximum absolute atomic E-state index is 12.1. The number of carbonyl (C=O) groups excluding carboxylic acids is 2. The van der Waals surface area contributed by atoms with Gasteiger partial charge >= 0.3 is 5.97 Å². The molecule has 1 atom stereocenters. The molecule has 2 N–H and O–H groups in total. The van der Waals surface area contributed by atoms with E-state index in [2.05, 4.69) is 10.3 Å². The predicted octanol–water partition coefficient (Wildman–Crippen LogP) is 2.75. The smallest absolute Gasteiger partial charge is 0.347 e. The molecule has 0 aliphatic carbocycles. The van der Waals surface area contributed by atoms with Crippen LogP contribution in [-0.4, -0.2) is 28.6 Å². The lowest BCUT2D eigenvalue weighted by atomic mass is 10.0. The molecule has 6 nitrogen and oxygen atoms in total. The summed E-state index contributed by atoms with van der Waals surface area (Å²) in [6, 6.07) is 9.23. The molecule has 1 aliphatic rings. The number of aliphatic hydroxyl groups excluding tert-OH is 1. The molecule has 0 saturated heterocycles. The van der Waals surface area contributed by atoms with Crippen LogP contribution in [0.3, 0.4) is 0 Å². The van der Waals surface area contributed by atoms with E-state index in [9.17, 15) is 14.7 Å². The summed E-state index contributed by atoms with van der Waals surface area (Å²) in [6.07, 6.45) is 0.109. The number of nitrogens with zero attached hydrogens (tertiary/aromatic N) is 1. The summed E-state index contributed by atoms with van der Waals surface area (Å²) in [7, 11) is 0. The number of aliphatic hydroxyl groups is 1. The third-order valence-corrected chi connectivity index (χ3v) is 4.51. The average Bonchev–Trinajstić information content (AvgIpc) is 3.05. The van der Waals surface area contributed by atoms with Crippen molar-refractivity contribution in [2.24, 2.45) is 0 Å². The van der Waals surface area contributed by atoms with Crippen molar-refractivity contribution in [1.82, 2.24) is 10.3 Å². The first kappa shape index (κ1) is 16.2. The summed E-state index contributed by atoms with van der Waals surface area (Å²) in [5.41, 5.74) is 1.32. The van der Waals surface area contributed by atoms with Crippen LogP contribution >= 0.6 is 11.3 Å². The van der Waals surface area contributed by atoms with Crippen molar-refractivity contribution in [1.29, 1.82) is 0 Å². The normalized spacial score (nSPS) is 17.5. The number of hydrogen-bond acceptors (Lipinski definition) is 6. The van der Waals surface area contributed by atoms with Crippen LogP contribution in [0.1, 0.15) is 25.1 Å². The maximum Gasteiger partial charge on any atom is 0.347 e. The van der Waals surface area contributed by atoms with Crippen molar-refractivity contribution in [2.45, 2.75) is 19.4 Å². The number of hydrogen-bond donors (Lipinski definition) is 2. The zero-order valence-electron chi connectivity index (χ0n) is 13.0. The Labute approximate surface area is 142 Å². The Morgan fingerprint density at radius 3 is 2.83 bits per heavy atom. The van der Waals surface area contributed by atoms with Crippen molar-refractivity contribution in [3.05, 3.63) is 52.7 Å². The lowest BCUT2D eigenvalue weighted by molar-refractivity contribution is -0.141. The van der Waals surface area contributed by atoms with E-state index in [0.717, 1.165) is 10.6 Å². The van der Waals surface area contributed by atoms with E-state index in [4.69, 9.17) is 4.74 Å². The largest absolute Gasteiger partial charge is 0.511 e. The van der Waals surface area contributed by atoms with Gasteiger partial charge in [0.05, 0.1) is 18.3 Å². The third kappa shape index (κ3) is 3.16. The minimum Gasteiger partial charge on any atom is -0.511 e. The van der Waals surface area contributed by atoms with Gasteiger partial charge in [-0.3, -0.25) is 4.79 Å². The Bertz CT molecular complexity index is 798. The lowest BCUT2D eigenvalue weighted by Crippen LogP contribution is -2.38. The molecule has 2 heterocycles. The molecule has 0 radical (unpaired) electrons. The fourth-order valence-corrected chi connectivity index (χ4v) is 3.34. The molecule has 3 rings (SSSR count). The number of amides is 1. The maximum atomic E-state index is 12.1. The highest BCUT2D eigenvalue weighted by atomic mass is 32.1. The van der Waals surface area contributed by atoms with Gasteiger partial charge in [-0.05, 0) is 6.92 Å². The first-order valence-electron chi connectivity index (χ1n) is 7.51. The van der Waals surface area contributed by atoms with Gasteiger partial charge < -0.3 is 15.2 Å². The fraction of sp³-hybridized carbons (Fsp3) is 0.235. The number of ether oxygens (including phenoxy) is 1. The Balaban J connectivity index is 1.82.